The zero-order chi connectivity index (χ0) is 12.0. The average Bonchev–Trinajstić information content (AvgIpc) is 2.28. The van der Waals surface area contributed by atoms with Crippen LogP contribution in [0.4, 0.5) is 8.78 Å². The Bertz CT molecular complexity index is 446. The molecule has 0 amide bonds. The van der Waals surface area contributed by atoms with Gasteiger partial charge in [0.05, 0.1) is 0 Å². The quantitative estimate of drug-likeness (QED) is 0.670. The van der Waals surface area contributed by atoms with Gasteiger partial charge in [-0.2, -0.15) is 0 Å². The van der Waals surface area contributed by atoms with Gasteiger partial charge in [0.1, 0.15) is 23.3 Å². The van der Waals surface area contributed by atoms with E-state index in [-0.39, 0.29) is 17.3 Å². The van der Waals surface area contributed by atoms with Crippen molar-refractivity contribution in [1.82, 2.24) is 0 Å². The summed E-state index contributed by atoms with van der Waals surface area (Å²) in [6.07, 6.45) is 1.85. The minimum Gasteiger partial charge on any atom is -0.487 e. The molecule has 1 heterocycles. The fourth-order valence-corrected chi connectivity index (χ4v) is 3.08. The van der Waals surface area contributed by atoms with Crippen molar-refractivity contribution in [2.24, 2.45) is 5.92 Å². The molecule has 92 valence electrons. The first-order valence-electron chi connectivity index (χ1n) is 6.18. The van der Waals surface area contributed by atoms with Crippen molar-refractivity contribution in [1.29, 1.82) is 0 Å². The number of rotatable bonds is 0. The molecule has 0 aromatic heterocycles. The van der Waals surface area contributed by atoms with Gasteiger partial charge >= 0.3 is 0 Å². The van der Waals surface area contributed by atoms with Crippen LogP contribution in [-0.4, -0.2) is 11.8 Å². The Morgan fingerprint density at radius 1 is 1.41 bits per heavy atom. The smallest absolute Gasteiger partial charge is 0.123 e. The Hall–Kier alpha value is -1.12. The normalized spacial score (nSPS) is 35.7. The van der Waals surface area contributed by atoms with Gasteiger partial charge in [-0.05, 0) is 56.4 Å². The number of hydrogen-bond donors (Lipinski definition) is 0. The minimum absolute atomic E-state index is 0.167. The molecule has 1 fully saturated rings. The van der Waals surface area contributed by atoms with Crippen molar-refractivity contribution >= 4 is 0 Å². The van der Waals surface area contributed by atoms with Crippen LogP contribution in [0.3, 0.4) is 0 Å². The lowest BCUT2D eigenvalue weighted by molar-refractivity contribution is -0.0424. The first kappa shape index (κ1) is 11.0. The summed E-state index contributed by atoms with van der Waals surface area (Å²) in [4.78, 5) is 0. The highest BCUT2D eigenvalue weighted by atomic mass is 19.1. The average molecular weight is 238 g/mol. The fourth-order valence-electron chi connectivity index (χ4n) is 3.08. The second-order valence-electron chi connectivity index (χ2n) is 5.44. The summed E-state index contributed by atoms with van der Waals surface area (Å²) < 4.78 is 32.6. The Morgan fingerprint density at radius 3 is 3.06 bits per heavy atom. The fraction of sp³-hybridized carbons (Fsp3) is 0.571. The van der Waals surface area contributed by atoms with Crippen LogP contribution in [0.5, 0.6) is 5.75 Å². The van der Waals surface area contributed by atoms with E-state index in [0.717, 1.165) is 24.2 Å². The van der Waals surface area contributed by atoms with E-state index in [4.69, 9.17) is 4.74 Å². The predicted molar refractivity (Wildman–Crippen MR) is 61.4 cm³/mol. The summed E-state index contributed by atoms with van der Waals surface area (Å²) in [6.45, 7) is 2.05. The molecule has 0 spiro atoms. The molecule has 1 aliphatic carbocycles. The molecule has 3 heteroatoms. The van der Waals surface area contributed by atoms with Crippen molar-refractivity contribution < 1.29 is 13.5 Å². The Morgan fingerprint density at radius 2 is 2.24 bits per heavy atom. The Kier molecular flexibility index (Phi) is 2.39. The van der Waals surface area contributed by atoms with Crippen LogP contribution in [0.25, 0.3) is 0 Å². The largest absolute Gasteiger partial charge is 0.487 e. The second-order valence-corrected chi connectivity index (χ2v) is 5.44. The van der Waals surface area contributed by atoms with E-state index >= 15 is 0 Å². The number of benzene rings is 1. The molecule has 1 nitrogen and oxygen atoms in total. The maximum absolute atomic E-state index is 13.5. The molecular weight excluding hydrogens is 222 g/mol. The molecule has 0 bridgehead atoms. The molecule has 0 unspecified atom stereocenters. The summed E-state index contributed by atoms with van der Waals surface area (Å²) >= 11 is 0. The minimum atomic E-state index is -0.730. The monoisotopic (exact) mass is 238 g/mol. The van der Waals surface area contributed by atoms with Gasteiger partial charge in [0.15, 0.2) is 0 Å². The van der Waals surface area contributed by atoms with Gasteiger partial charge in [-0.25, -0.2) is 8.78 Å². The van der Waals surface area contributed by atoms with Gasteiger partial charge in [0.2, 0.25) is 0 Å². The zero-order valence-electron chi connectivity index (χ0n) is 9.88. The molecule has 1 saturated carbocycles. The van der Waals surface area contributed by atoms with Crippen molar-refractivity contribution in [3.8, 4) is 5.75 Å². The summed E-state index contributed by atoms with van der Waals surface area (Å²) in [7, 11) is 0. The van der Waals surface area contributed by atoms with Crippen LogP contribution in [0.15, 0.2) is 18.2 Å². The second kappa shape index (κ2) is 3.69. The molecule has 0 saturated heterocycles. The summed E-state index contributed by atoms with van der Waals surface area (Å²) in [5.74, 6) is 0.687. The first-order valence-corrected chi connectivity index (χ1v) is 6.18. The topological polar surface area (TPSA) is 9.23 Å². The van der Waals surface area contributed by atoms with E-state index in [0.29, 0.717) is 12.8 Å². The number of alkyl halides is 1. The molecule has 17 heavy (non-hydrogen) atoms. The van der Waals surface area contributed by atoms with E-state index in [1.165, 1.54) is 12.1 Å². The molecule has 3 rings (SSSR count). The van der Waals surface area contributed by atoms with E-state index in [9.17, 15) is 8.78 Å². The van der Waals surface area contributed by atoms with Crippen LogP contribution in [0.2, 0.25) is 0 Å². The standard InChI is InChI=1S/C14H16F2O/c1-14-5-4-12(16)8-10(14)6-9-7-11(15)2-3-13(9)17-14/h2-3,7,10,12H,4-6,8H2,1H3/t10-,12-,14-/m1/s1. The Balaban J connectivity index is 1.95. The van der Waals surface area contributed by atoms with E-state index < -0.39 is 6.17 Å². The van der Waals surface area contributed by atoms with E-state index in [1.807, 2.05) is 0 Å². The van der Waals surface area contributed by atoms with Gasteiger partial charge in [-0.3, -0.25) is 0 Å². The number of hydrogen-bond acceptors (Lipinski definition) is 1. The van der Waals surface area contributed by atoms with Crippen molar-refractivity contribution in [3.63, 3.8) is 0 Å². The number of ether oxygens (including phenoxy) is 1. The van der Waals surface area contributed by atoms with Crippen molar-refractivity contribution in [3.05, 3.63) is 29.6 Å². The van der Waals surface area contributed by atoms with Gasteiger partial charge in [0.25, 0.3) is 0 Å². The molecular formula is C14H16F2O. The molecule has 1 aromatic carbocycles. The maximum atomic E-state index is 13.5. The summed E-state index contributed by atoms with van der Waals surface area (Å²) in [6, 6.07) is 4.62. The highest BCUT2D eigenvalue weighted by molar-refractivity contribution is 5.37. The molecule has 0 radical (unpaired) electrons. The lowest BCUT2D eigenvalue weighted by Crippen LogP contribution is -2.49. The molecule has 1 aliphatic heterocycles. The summed E-state index contributed by atoms with van der Waals surface area (Å²) in [5.41, 5.74) is 0.606. The highest BCUT2D eigenvalue weighted by Gasteiger charge is 2.45. The number of halogens is 2. The van der Waals surface area contributed by atoms with Gasteiger partial charge in [0, 0.05) is 5.92 Å². The van der Waals surface area contributed by atoms with Crippen LogP contribution < -0.4 is 4.74 Å². The summed E-state index contributed by atoms with van der Waals surface area (Å²) in [5, 5.41) is 0. The van der Waals surface area contributed by atoms with Crippen LogP contribution >= 0.6 is 0 Å². The van der Waals surface area contributed by atoms with Gasteiger partial charge < -0.3 is 4.74 Å². The van der Waals surface area contributed by atoms with Crippen molar-refractivity contribution in [2.45, 2.75) is 44.4 Å². The lowest BCUT2D eigenvalue weighted by Gasteiger charge is -2.46. The zero-order valence-corrected chi connectivity index (χ0v) is 9.88. The van der Waals surface area contributed by atoms with E-state index in [2.05, 4.69) is 6.92 Å². The maximum Gasteiger partial charge on any atom is 0.123 e. The van der Waals surface area contributed by atoms with Crippen LogP contribution in [-0.2, 0) is 6.42 Å². The van der Waals surface area contributed by atoms with Crippen molar-refractivity contribution in [2.75, 3.05) is 0 Å². The lowest BCUT2D eigenvalue weighted by atomic mass is 9.71. The third-order valence-electron chi connectivity index (χ3n) is 4.19. The number of fused-ring (bicyclic) bond motifs is 2. The third-order valence-corrected chi connectivity index (χ3v) is 4.19. The SMILES string of the molecule is C[C@@]12CC[C@@H](F)C[C@H]1Cc1cc(F)ccc1O2. The van der Waals surface area contributed by atoms with Gasteiger partial charge in [-0.1, -0.05) is 0 Å². The van der Waals surface area contributed by atoms with Crippen LogP contribution in [0.1, 0.15) is 31.7 Å². The molecule has 1 aromatic rings. The van der Waals surface area contributed by atoms with Crippen LogP contribution in [0, 0.1) is 11.7 Å². The van der Waals surface area contributed by atoms with E-state index in [1.54, 1.807) is 6.07 Å². The molecule has 0 N–H and O–H groups in total. The first-order chi connectivity index (χ1) is 8.07. The molecule has 2 aliphatic rings. The highest BCUT2D eigenvalue weighted by Crippen LogP contribution is 2.45. The van der Waals surface area contributed by atoms with Gasteiger partial charge in [-0.15, -0.1) is 0 Å². The third kappa shape index (κ3) is 1.81. The molecule has 3 atom stereocenters. The predicted octanol–water partition coefficient (Wildman–Crippen LogP) is 3.66. The Labute approximate surface area is 99.8 Å².